The number of nitro groups is 1. The van der Waals surface area contributed by atoms with Crippen LogP contribution in [0.15, 0.2) is 161 Å². The minimum absolute atomic E-state index is 0.0239. The fourth-order valence-corrected chi connectivity index (χ4v) is 6.14. The van der Waals surface area contributed by atoms with Gasteiger partial charge in [0, 0.05) is 45.6 Å². The van der Waals surface area contributed by atoms with E-state index >= 15 is 0 Å². The van der Waals surface area contributed by atoms with Crippen LogP contribution in [-0.4, -0.2) is 22.6 Å². The molecule has 1 atom stereocenters. The van der Waals surface area contributed by atoms with Gasteiger partial charge in [-0.2, -0.15) is 0 Å². The molecule has 0 bridgehead atoms. The lowest BCUT2D eigenvalue weighted by molar-refractivity contribution is -0.384. The quantitative estimate of drug-likeness (QED) is 0.0498. The van der Waals surface area contributed by atoms with Crippen molar-refractivity contribution in [2.75, 3.05) is 10.6 Å². The Labute approximate surface area is 303 Å². The number of benzene rings is 5. The number of carbonyl (C=O) groups excluding carboxylic acids is 3. The van der Waals surface area contributed by atoms with Crippen molar-refractivity contribution in [3.63, 3.8) is 0 Å². The van der Waals surface area contributed by atoms with Crippen LogP contribution in [0.4, 0.5) is 17.1 Å². The Bertz CT molecular complexity index is 2220. The summed E-state index contributed by atoms with van der Waals surface area (Å²) in [5, 5.41) is 18.8. The number of nitrogens with zero attached hydrogens (tertiary/aromatic N) is 1. The number of non-ortho nitro benzene ring substituents is 1. The zero-order valence-corrected chi connectivity index (χ0v) is 28.6. The van der Waals surface area contributed by atoms with Gasteiger partial charge in [0.05, 0.1) is 4.92 Å². The Balaban J connectivity index is 1.19. The first-order valence-corrected chi connectivity index (χ1v) is 17.0. The summed E-state index contributed by atoms with van der Waals surface area (Å²) in [6, 6.07) is 41.8. The van der Waals surface area contributed by atoms with Crippen molar-refractivity contribution in [2.24, 2.45) is 0 Å². The normalized spacial score (nSPS) is 11.7. The highest BCUT2D eigenvalue weighted by Gasteiger charge is 2.23. The molecule has 0 aliphatic heterocycles. The summed E-state index contributed by atoms with van der Waals surface area (Å²) in [6.07, 6.45) is 1.48. The van der Waals surface area contributed by atoms with Gasteiger partial charge in [0.25, 0.3) is 17.5 Å². The molecule has 3 N–H and O–H groups in total. The van der Waals surface area contributed by atoms with Gasteiger partial charge in [-0.25, -0.2) is 0 Å². The summed E-state index contributed by atoms with van der Waals surface area (Å²) in [4.78, 5) is 51.5. The maximum atomic E-state index is 13.6. The molecule has 1 heterocycles. The van der Waals surface area contributed by atoms with E-state index in [1.807, 2.05) is 61.5 Å². The lowest BCUT2D eigenvalue weighted by Gasteiger charge is -2.17. The maximum Gasteiger partial charge on any atom is 0.272 e. The van der Waals surface area contributed by atoms with Gasteiger partial charge in [-0.05, 0) is 73.2 Å². The third-order valence-electron chi connectivity index (χ3n) is 7.83. The average molecular weight is 709 g/mol. The van der Waals surface area contributed by atoms with Gasteiger partial charge in [-0.15, -0.1) is 11.8 Å². The summed E-state index contributed by atoms with van der Waals surface area (Å²) >= 11 is 1.31. The van der Waals surface area contributed by atoms with E-state index in [1.54, 1.807) is 66.7 Å². The lowest BCUT2D eigenvalue weighted by Crippen LogP contribution is -2.30. The molecule has 0 unspecified atom stereocenters. The number of aryl methyl sites for hydroxylation is 1. The summed E-state index contributed by atoms with van der Waals surface area (Å²) in [5.74, 6) is -0.348. The molecule has 0 saturated carbocycles. The zero-order valence-electron chi connectivity index (χ0n) is 27.8. The smallest absolute Gasteiger partial charge is 0.272 e. The molecule has 258 valence electrons. The fourth-order valence-electron chi connectivity index (χ4n) is 5.11. The van der Waals surface area contributed by atoms with Gasteiger partial charge in [0.1, 0.15) is 22.5 Å². The largest absolute Gasteiger partial charge is 0.457 e. The molecule has 5 aromatic carbocycles. The van der Waals surface area contributed by atoms with Gasteiger partial charge >= 0.3 is 0 Å². The van der Waals surface area contributed by atoms with Gasteiger partial charge in [-0.1, -0.05) is 78.4 Å². The Kier molecular flexibility index (Phi) is 11.0. The predicted molar refractivity (Wildman–Crippen MR) is 203 cm³/mol. The number of anilines is 2. The van der Waals surface area contributed by atoms with Crippen molar-refractivity contribution >= 4 is 52.6 Å². The van der Waals surface area contributed by atoms with Gasteiger partial charge in [-0.3, -0.25) is 24.5 Å². The highest BCUT2D eigenvalue weighted by atomic mass is 32.2. The molecule has 1 aromatic heterocycles. The van der Waals surface area contributed by atoms with E-state index in [9.17, 15) is 24.5 Å². The van der Waals surface area contributed by atoms with Crippen LogP contribution in [0.1, 0.15) is 32.5 Å². The predicted octanol–water partition coefficient (Wildman–Crippen LogP) is 9.04. The summed E-state index contributed by atoms with van der Waals surface area (Å²) in [6.45, 7) is 2.00. The van der Waals surface area contributed by atoms with Gasteiger partial charge < -0.3 is 20.4 Å². The van der Waals surface area contributed by atoms with E-state index in [-0.39, 0.29) is 17.3 Å². The Morgan fingerprint density at radius 2 is 1.35 bits per heavy atom. The monoisotopic (exact) mass is 708 g/mol. The SMILES string of the molecule is Cc1ccc(-c2ccc(/C=C(\NC(=O)c3ccccc3)C(=O)Nc3ccc(S[C@H](C(=O)Nc4ccc([N+](=O)[O-])cc4)c4ccccc4)cc3)o2)cc1. The molecule has 3 amide bonds. The van der Waals surface area contributed by atoms with E-state index in [0.29, 0.717) is 28.5 Å². The Morgan fingerprint density at radius 3 is 2.00 bits per heavy atom. The third kappa shape index (κ3) is 9.09. The van der Waals surface area contributed by atoms with E-state index in [2.05, 4.69) is 16.0 Å². The molecular formula is C41H32N4O6S. The Morgan fingerprint density at radius 1 is 0.731 bits per heavy atom. The van der Waals surface area contributed by atoms with Crippen molar-refractivity contribution in [3.8, 4) is 11.3 Å². The highest BCUT2D eigenvalue weighted by Crippen LogP contribution is 2.37. The van der Waals surface area contributed by atoms with Crippen molar-refractivity contribution in [1.82, 2.24) is 5.32 Å². The second-order valence-corrected chi connectivity index (χ2v) is 12.8. The molecule has 0 fully saturated rings. The van der Waals surface area contributed by atoms with Crippen LogP contribution in [0.2, 0.25) is 0 Å². The molecule has 0 aliphatic carbocycles. The van der Waals surface area contributed by atoms with Crippen molar-refractivity contribution in [1.29, 1.82) is 0 Å². The first kappa shape index (κ1) is 35.1. The minimum atomic E-state index is -0.655. The molecule has 0 radical (unpaired) electrons. The Hall–Kier alpha value is -6.72. The van der Waals surface area contributed by atoms with Crippen molar-refractivity contribution < 1.29 is 23.7 Å². The van der Waals surface area contributed by atoms with Crippen molar-refractivity contribution in [2.45, 2.75) is 17.1 Å². The number of nitrogens with one attached hydrogen (secondary N) is 3. The van der Waals surface area contributed by atoms with Crippen LogP contribution in [-0.2, 0) is 9.59 Å². The molecule has 0 spiro atoms. The number of carbonyl (C=O) groups is 3. The molecular weight excluding hydrogens is 677 g/mol. The minimum Gasteiger partial charge on any atom is -0.457 e. The lowest BCUT2D eigenvalue weighted by atomic mass is 10.1. The molecule has 11 heteroatoms. The second-order valence-electron chi connectivity index (χ2n) is 11.6. The molecule has 6 aromatic rings. The second kappa shape index (κ2) is 16.3. The first-order chi connectivity index (χ1) is 25.2. The van der Waals surface area contributed by atoms with Gasteiger partial charge in [0.15, 0.2) is 0 Å². The first-order valence-electron chi connectivity index (χ1n) is 16.2. The number of nitro benzene ring substituents is 1. The third-order valence-corrected chi connectivity index (χ3v) is 9.10. The zero-order chi connectivity index (χ0) is 36.5. The molecule has 0 saturated heterocycles. The molecule has 52 heavy (non-hydrogen) atoms. The number of hydrogen-bond donors (Lipinski definition) is 3. The van der Waals surface area contributed by atoms with E-state index in [0.717, 1.165) is 21.6 Å². The number of hydrogen-bond acceptors (Lipinski definition) is 7. The number of thioether (sulfide) groups is 1. The van der Waals surface area contributed by atoms with Crippen molar-refractivity contribution in [3.05, 3.63) is 184 Å². The van der Waals surface area contributed by atoms with E-state index in [1.165, 1.54) is 42.1 Å². The fraction of sp³-hybridized carbons (Fsp3) is 0.0488. The maximum absolute atomic E-state index is 13.6. The summed E-state index contributed by atoms with van der Waals surface area (Å²) in [5.41, 5.74) is 3.92. The number of rotatable bonds is 12. The van der Waals surface area contributed by atoms with Crippen LogP contribution in [0.5, 0.6) is 0 Å². The molecule has 10 nitrogen and oxygen atoms in total. The van der Waals surface area contributed by atoms with Crippen LogP contribution < -0.4 is 16.0 Å². The highest BCUT2D eigenvalue weighted by molar-refractivity contribution is 8.00. The molecule has 0 aliphatic rings. The summed E-state index contributed by atoms with van der Waals surface area (Å²) in [7, 11) is 0. The van der Waals surface area contributed by atoms with Gasteiger partial charge in [0.2, 0.25) is 5.91 Å². The van der Waals surface area contributed by atoms with Crippen LogP contribution >= 0.6 is 11.8 Å². The standard InChI is InChI=1S/C41H32N4O6S/c1-27-12-14-28(15-13-27)37-25-22-34(51-37)26-36(44-39(46)30-10-6-3-7-11-30)40(47)42-32-18-23-35(24-19-32)52-38(29-8-4-2-5-9-29)41(48)43-31-16-20-33(21-17-31)45(49)50/h2-26,38H,1H3,(H,42,47)(H,43,48)(H,44,46)/b36-26-/t38-/m0/s1. The van der Waals surface area contributed by atoms with Crippen LogP contribution in [0.25, 0.3) is 17.4 Å². The van der Waals surface area contributed by atoms with E-state index in [4.69, 9.17) is 4.42 Å². The number of furan rings is 1. The topological polar surface area (TPSA) is 144 Å². The summed E-state index contributed by atoms with van der Waals surface area (Å²) < 4.78 is 6.02. The van der Waals surface area contributed by atoms with Crippen LogP contribution in [0.3, 0.4) is 0 Å². The van der Waals surface area contributed by atoms with E-state index < -0.39 is 22.0 Å². The molecule has 6 rings (SSSR count). The average Bonchev–Trinajstić information content (AvgIpc) is 3.64. The van der Waals surface area contributed by atoms with Crippen LogP contribution in [0, 0.1) is 17.0 Å². The number of amides is 3.